The summed E-state index contributed by atoms with van der Waals surface area (Å²) in [6, 6.07) is 0. The van der Waals surface area contributed by atoms with Crippen LogP contribution in [-0.4, -0.2) is 22.3 Å². The maximum atomic E-state index is 12.3. The number of hydrogen-bond donors (Lipinski definition) is 1. The number of allylic oxidation sites excluding steroid dienone is 2. The Hall–Kier alpha value is -1.22. The Bertz CT molecular complexity index is 587. The number of aliphatic hydroxyl groups is 1. The van der Waals surface area contributed by atoms with Crippen molar-refractivity contribution in [3.05, 3.63) is 23.8 Å². The second kappa shape index (κ2) is 4.16. The number of hydrogen-bond acceptors (Lipinski definition) is 3. The molecular formula is C18H22O3. The van der Waals surface area contributed by atoms with Crippen molar-refractivity contribution in [2.24, 2.45) is 23.2 Å². The van der Waals surface area contributed by atoms with Crippen LogP contribution in [0.15, 0.2) is 23.8 Å². The fraction of sp³-hybridized carbons (Fsp3) is 0.667. The second-order valence-corrected chi connectivity index (χ2v) is 7.56. The Kier molecular flexibility index (Phi) is 2.66. The third-order valence-corrected chi connectivity index (χ3v) is 6.79. The van der Waals surface area contributed by atoms with Crippen molar-refractivity contribution in [2.75, 3.05) is 0 Å². The first kappa shape index (κ1) is 13.4. The average molecular weight is 286 g/mol. The van der Waals surface area contributed by atoms with E-state index in [9.17, 15) is 14.7 Å². The molecule has 3 fully saturated rings. The van der Waals surface area contributed by atoms with E-state index < -0.39 is 5.60 Å². The van der Waals surface area contributed by atoms with Gasteiger partial charge in [-0.1, -0.05) is 6.92 Å². The topological polar surface area (TPSA) is 54.4 Å². The van der Waals surface area contributed by atoms with Crippen LogP contribution in [-0.2, 0) is 9.59 Å². The van der Waals surface area contributed by atoms with Gasteiger partial charge >= 0.3 is 0 Å². The van der Waals surface area contributed by atoms with Gasteiger partial charge in [-0.2, -0.15) is 0 Å². The fourth-order valence-electron chi connectivity index (χ4n) is 5.62. The van der Waals surface area contributed by atoms with Crippen LogP contribution in [0, 0.1) is 23.2 Å². The molecule has 5 atom stereocenters. The number of carbonyl (C=O) groups is 2. The molecule has 0 radical (unpaired) electrons. The predicted octanol–water partition coefficient (Wildman–Crippen LogP) is 2.59. The van der Waals surface area contributed by atoms with E-state index in [1.807, 2.05) is 0 Å². The van der Waals surface area contributed by atoms with E-state index in [1.54, 1.807) is 12.2 Å². The normalized spacial score (nSPS) is 48.5. The standard InChI is InChI=1S/C18H22O3/c1-17-8-7-15-13(14(17)4-5-16(17)20)3-2-11-10-12(19)6-9-18(11,15)21/h6,9-10,13-15,21H,2-5,7-8H2,1H3/t13-,14-,15-,17-,18-/m0/s1. The monoisotopic (exact) mass is 286 g/mol. The minimum atomic E-state index is -0.941. The van der Waals surface area contributed by atoms with Gasteiger partial charge in [0, 0.05) is 11.8 Å². The highest BCUT2D eigenvalue weighted by Gasteiger charge is 2.59. The summed E-state index contributed by atoms with van der Waals surface area (Å²) in [6.45, 7) is 2.14. The summed E-state index contributed by atoms with van der Waals surface area (Å²) >= 11 is 0. The number of Topliss-reactive ketones (excluding diaryl/α,β-unsaturated/α-hetero) is 1. The van der Waals surface area contributed by atoms with E-state index in [2.05, 4.69) is 6.92 Å². The third-order valence-electron chi connectivity index (χ3n) is 6.79. The van der Waals surface area contributed by atoms with Crippen molar-refractivity contribution in [2.45, 2.75) is 51.0 Å². The van der Waals surface area contributed by atoms with Gasteiger partial charge in [0.1, 0.15) is 11.4 Å². The van der Waals surface area contributed by atoms with Gasteiger partial charge in [0.05, 0.1) is 0 Å². The average Bonchev–Trinajstić information content (AvgIpc) is 2.76. The van der Waals surface area contributed by atoms with E-state index in [-0.39, 0.29) is 17.1 Å². The Morgan fingerprint density at radius 1 is 1.14 bits per heavy atom. The smallest absolute Gasteiger partial charge is 0.178 e. The van der Waals surface area contributed by atoms with Crippen molar-refractivity contribution in [3.63, 3.8) is 0 Å². The van der Waals surface area contributed by atoms with E-state index in [1.165, 1.54) is 6.08 Å². The summed E-state index contributed by atoms with van der Waals surface area (Å²) in [7, 11) is 0. The zero-order chi connectivity index (χ0) is 14.8. The molecule has 0 aromatic heterocycles. The predicted molar refractivity (Wildman–Crippen MR) is 78.5 cm³/mol. The van der Waals surface area contributed by atoms with Crippen LogP contribution in [0.1, 0.15) is 45.4 Å². The minimum absolute atomic E-state index is 0.00943. The first-order chi connectivity index (χ1) is 9.95. The Morgan fingerprint density at radius 3 is 2.76 bits per heavy atom. The van der Waals surface area contributed by atoms with Crippen LogP contribution in [0.5, 0.6) is 0 Å². The number of fused-ring (bicyclic) bond motifs is 5. The van der Waals surface area contributed by atoms with Crippen molar-refractivity contribution in [1.29, 1.82) is 0 Å². The lowest BCUT2D eigenvalue weighted by Gasteiger charge is -2.54. The number of rotatable bonds is 0. The van der Waals surface area contributed by atoms with Gasteiger partial charge in [0.25, 0.3) is 0 Å². The maximum Gasteiger partial charge on any atom is 0.178 e. The van der Waals surface area contributed by atoms with Crippen LogP contribution in [0.3, 0.4) is 0 Å². The summed E-state index contributed by atoms with van der Waals surface area (Å²) in [5.41, 5.74) is -0.208. The second-order valence-electron chi connectivity index (χ2n) is 7.56. The lowest BCUT2D eigenvalue weighted by Crippen LogP contribution is -2.54. The van der Waals surface area contributed by atoms with Crippen molar-refractivity contribution < 1.29 is 14.7 Å². The molecule has 0 aliphatic heterocycles. The van der Waals surface area contributed by atoms with Gasteiger partial charge in [-0.3, -0.25) is 9.59 Å². The molecule has 1 N–H and O–H groups in total. The van der Waals surface area contributed by atoms with Crippen molar-refractivity contribution >= 4 is 11.6 Å². The van der Waals surface area contributed by atoms with Crippen LogP contribution in [0.4, 0.5) is 0 Å². The van der Waals surface area contributed by atoms with Gasteiger partial charge in [0.2, 0.25) is 0 Å². The molecule has 4 rings (SSSR count). The molecule has 0 aromatic rings. The fourth-order valence-corrected chi connectivity index (χ4v) is 5.62. The number of carbonyl (C=O) groups excluding carboxylic acids is 2. The van der Waals surface area contributed by atoms with Crippen LogP contribution >= 0.6 is 0 Å². The lowest BCUT2D eigenvalue weighted by atomic mass is 9.51. The summed E-state index contributed by atoms with van der Waals surface area (Å²) in [5.74, 6) is 1.42. The minimum Gasteiger partial charge on any atom is -0.381 e. The molecule has 0 unspecified atom stereocenters. The SMILES string of the molecule is C[C@]12CC[C@H]3[C@@H](CCC4=CC(=O)C=C[C@]43O)[C@@H]1CCC2=O. The van der Waals surface area contributed by atoms with Crippen molar-refractivity contribution in [3.8, 4) is 0 Å². The Morgan fingerprint density at radius 2 is 1.95 bits per heavy atom. The molecule has 0 amide bonds. The molecule has 0 aromatic carbocycles. The first-order valence-electron chi connectivity index (χ1n) is 8.15. The zero-order valence-electron chi connectivity index (χ0n) is 12.5. The lowest BCUT2D eigenvalue weighted by molar-refractivity contribution is -0.134. The van der Waals surface area contributed by atoms with Gasteiger partial charge in [-0.05, 0) is 73.7 Å². The van der Waals surface area contributed by atoms with E-state index in [4.69, 9.17) is 0 Å². The molecule has 0 bridgehead atoms. The summed E-state index contributed by atoms with van der Waals surface area (Å²) < 4.78 is 0. The maximum absolute atomic E-state index is 12.3. The first-order valence-corrected chi connectivity index (χ1v) is 8.15. The Labute approximate surface area is 125 Å². The quantitative estimate of drug-likeness (QED) is 0.744. The molecule has 0 saturated heterocycles. The van der Waals surface area contributed by atoms with Gasteiger partial charge in [-0.15, -0.1) is 0 Å². The van der Waals surface area contributed by atoms with Gasteiger partial charge in [-0.25, -0.2) is 0 Å². The van der Waals surface area contributed by atoms with Crippen LogP contribution in [0.25, 0.3) is 0 Å². The molecular weight excluding hydrogens is 264 g/mol. The summed E-state index contributed by atoms with van der Waals surface area (Å²) in [5, 5.41) is 11.2. The molecule has 3 saturated carbocycles. The molecule has 3 nitrogen and oxygen atoms in total. The highest BCUT2D eigenvalue weighted by Crippen LogP contribution is 2.60. The van der Waals surface area contributed by atoms with Crippen LogP contribution < -0.4 is 0 Å². The number of ketones is 2. The van der Waals surface area contributed by atoms with Crippen molar-refractivity contribution in [1.82, 2.24) is 0 Å². The molecule has 4 aliphatic carbocycles. The molecule has 4 aliphatic rings. The van der Waals surface area contributed by atoms with E-state index >= 15 is 0 Å². The van der Waals surface area contributed by atoms with Gasteiger partial charge in [0.15, 0.2) is 5.78 Å². The molecule has 21 heavy (non-hydrogen) atoms. The molecule has 0 heterocycles. The zero-order valence-corrected chi connectivity index (χ0v) is 12.5. The Balaban J connectivity index is 1.72. The van der Waals surface area contributed by atoms with E-state index in [0.717, 1.165) is 37.7 Å². The van der Waals surface area contributed by atoms with E-state index in [0.29, 0.717) is 24.0 Å². The molecule has 3 heteroatoms. The summed E-state index contributed by atoms with van der Waals surface area (Å²) in [6.07, 6.45) is 10.1. The highest BCUT2D eigenvalue weighted by atomic mass is 16.3. The molecule has 112 valence electrons. The van der Waals surface area contributed by atoms with Gasteiger partial charge < -0.3 is 5.11 Å². The van der Waals surface area contributed by atoms with Crippen LogP contribution in [0.2, 0.25) is 0 Å². The molecule has 0 spiro atoms. The largest absolute Gasteiger partial charge is 0.381 e. The summed E-state index contributed by atoms with van der Waals surface area (Å²) in [4.78, 5) is 23.9. The third kappa shape index (κ3) is 1.64. The highest BCUT2D eigenvalue weighted by molar-refractivity contribution is 6.01.